The number of rotatable bonds is 4. The van der Waals surface area contributed by atoms with Crippen LogP contribution in [0.2, 0.25) is 0 Å². The molecule has 1 aliphatic heterocycles. The normalized spacial score (nSPS) is 12.4. The minimum Gasteiger partial charge on any atom is -0.338 e. The lowest BCUT2D eigenvalue weighted by Crippen LogP contribution is -2.39. The molecule has 0 bridgehead atoms. The van der Waals surface area contributed by atoms with Crippen LogP contribution >= 0.6 is 0 Å². The minimum absolute atomic E-state index is 0.237. The second-order valence-electron chi connectivity index (χ2n) is 8.10. The molecule has 0 atom stereocenters. The molecule has 0 saturated heterocycles. The standard InChI is InChI=1S/C26H22FN5O2/c1-2-28-26(34)30-24-14-17-9-8-16(13-22(17)29-24)20-11-15(7-10-21(20)27)12-23-18-5-3-4-6-19(18)25(33)32-31-23/h3-11,13H,2,12,14H2,1H3,(H,32,33)(H2,28,29,30,34). The number of carbonyl (C=O) groups is 1. The number of carbonyl (C=O) groups excluding carboxylic acids is 1. The third-order valence-corrected chi connectivity index (χ3v) is 5.78. The molecular formula is C26H22FN5O2. The molecule has 1 aromatic heterocycles. The highest BCUT2D eigenvalue weighted by Gasteiger charge is 2.18. The van der Waals surface area contributed by atoms with Gasteiger partial charge in [-0.25, -0.2) is 19.3 Å². The lowest BCUT2D eigenvalue weighted by atomic mass is 9.97. The van der Waals surface area contributed by atoms with E-state index in [0.717, 1.165) is 16.5 Å². The number of halogens is 1. The van der Waals surface area contributed by atoms with Crippen molar-refractivity contribution < 1.29 is 9.18 Å². The van der Waals surface area contributed by atoms with Gasteiger partial charge in [-0.15, -0.1) is 0 Å². The van der Waals surface area contributed by atoms with E-state index in [0.29, 0.717) is 53.1 Å². The van der Waals surface area contributed by atoms with E-state index in [4.69, 9.17) is 0 Å². The van der Waals surface area contributed by atoms with E-state index in [-0.39, 0.29) is 17.4 Å². The van der Waals surface area contributed by atoms with Crippen LogP contribution in [0.1, 0.15) is 23.7 Å². The van der Waals surface area contributed by atoms with Crippen LogP contribution in [0, 0.1) is 5.82 Å². The SMILES string of the molecule is CCNC(=O)NC1=Nc2cc(-c3cc(Cc4n[nH]c(=O)c5ccccc45)ccc3F)ccc2C1. The zero-order chi connectivity index (χ0) is 23.7. The summed E-state index contributed by atoms with van der Waals surface area (Å²) in [5, 5.41) is 13.5. The fourth-order valence-corrected chi connectivity index (χ4v) is 4.16. The van der Waals surface area contributed by atoms with Gasteiger partial charge in [-0.05, 0) is 47.9 Å². The average Bonchev–Trinajstić information content (AvgIpc) is 3.23. The van der Waals surface area contributed by atoms with Gasteiger partial charge in [-0.1, -0.05) is 36.4 Å². The Kier molecular flexibility index (Phi) is 5.63. The Hall–Kier alpha value is -4.33. The molecule has 8 heteroatoms. The van der Waals surface area contributed by atoms with Crippen molar-refractivity contribution in [1.29, 1.82) is 0 Å². The van der Waals surface area contributed by atoms with Gasteiger partial charge in [0, 0.05) is 30.3 Å². The number of aromatic amines is 1. The molecular weight excluding hydrogens is 433 g/mol. The molecule has 0 saturated carbocycles. The van der Waals surface area contributed by atoms with Gasteiger partial charge in [0.25, 0.3) is 5.56 Å². The van der Waals surface area contributed by atoms with E-state index in [1.807, 2.05) is 43.3 Å². The fourth-order valence-electron chi connectivity index (χ4n) is 4.16. The molecule has 2 heterocycles. The van der Waals surface area contributed by atoms with Gasteiger partial charge in [0.15, 0.2) is 0 Å². The number of amidine groups is 1. The molecule has 0 fully saturated rings. The van der Waals surface area contributed by atoms with Crippen molar-refractivity contribution in [2.75, 3.05) is 6.54 Å². The number of urea groups is 1. The summed E-state index contributed by atoms with van der Waals surface area (Å²) >= 11 is 0. The van der Waals surface area contributed by atoms with E-state index < -0.39 is 0 Å². The number of hydrogen-bond donors (Lipinski definition) is 3. The highest BCUT2D eigenvalue weighted by atomic mass is 19.1. The molecule has 1 aliphatic rings. The van der Waals surface area contributed by atoms with Crippen molar-refractivity contribution in [2.45, 2.75) is 19.8 Å². The summed E-state index contributed by atoms with van der Waals surface area (Å²) in [5.41, 5.74) is 4.17. The van der Waals surface area contributed by atoms with Crippen LogP contribution in [0.25, 0.3) is 21.9 Å². The number of benzene rings is 3. The first kappa shape index (κ1) is 21.5. The van der Waals surface area contributed by atoms with Crippen molar-refractivity contribution >= 4 is 28.3 Å². The maximum atomic E-state index is 14.8. The monoisotopic (exact) mass is 455 g/mol. The topological polar surface area (TPSA) is 99.2 Å². The van der Waals surface area contributed by atoms with E-state index >= 15 is 0 Å². The number of nitrogens with one attached hydrogen (secondary N) is 3. The van der Waals surface area contributed by atoms with Crippen LogP contribution in [0.4, 0.5) is 14.9 Å². The largest absolute Gasteiger partial charge is 0.338 e. The second kappa shape index (κ2) is 8.90. The molecule has 4 aromatic rings. The summed E-state index contributed by atoms with van der Waals surface area (Å²) in [4.78, 5) is 28.4. The summed E-state index contributed by atoms with van der Waals surface area (Å²) in [6, 6.07) is 17.6. The Morgan fingerprint density at radius 3 is 2.74 bits per heavy atom. The van der Waals surface area contributed by atoms with Gasteiger partial charge in [0.05, 0.1) is 16.8 Å². The quantitative estimate of drug-likeness (QED) is 0.430. The van der Waals surface area contributed by atoms with Crippen LogP contribution in [-0.4, -0.2) is 28.6 Å². The Bertz CT molecular complexity index is 1510. The highest BCUT2D eigenvalue weighted by Crippen LogP contribution is 2.33. The predicted molar refractivity (Wildman–Crippen MR) is 130 cm³/mol. The molecule has 3 aromatic carbocycles. The zero-order valence-electron chi connectivity index (χ0n) is 18.5. The van der Waals surface area contributed by atoms with Crippen molar-refractivity contribution in [2.24, 2.45) is 4.99 Å². The lowest BCUT2D eigenvalue weighted by molar-refractivity contribution is 0.245. The smallest absolute Gasteiger partial charge is 0.320 e. The van der Waals surface area contributed by atoms with E-state index in [9.17, 15) is 14.0 Å². The lowest BCUT2D eigenvalue weighted by Gasteiger charge is -2.09. The fraction of sp³-hybridized carbons (Fsp3) is 0.154. The first-order valence-corrected chi connectivity index (χ1v) is 11.0. The van der Waals surface area contributed by atoms with E-state index in [2.05, 4.69) is 25.8 Å². The Balaban J connectivity index is 1.45. The van der Waals surface area contributed by atoms with Crippen molar-refractivity contribution in [1.82, 2.24) is 20.8 Å². The first-order chi connectivity index (χ1) is 16.5. The molecule has 0 unspecified atom stereocenters. The minimum atomic E-state index is -0.342. The molecule has 0 spiro atoms. The molecule has 34 heavy (non-hydrogen) atoms. The number of amides is 2. The third-order valence-electron chi connectivity index (χ3n) is 5.78. The zero-order valence-corrected chi connectivity index (χ0v) is 18.5. The number of aliphatic imine (C=N–C) groups is 1. The van der Waals surface area contributed by atoms with Crippen LogP contribution in [0.5, 0.6) is 0 Å². The molecule has 3 N–H and O–H groups in total. The number of hydrogen-bond acceptors (Lipinski definition) is 4. The Morgan fingerprint density at radius 2 is 1.91 bits per heavy atom. The summed E-state index contributed by atoms with van der Waals surface area (Å²) in [5.74, 6) is 0.217. The maximum Gasteiger partial charge on any atom is 0.320 e. The first-order valence-electron chi connectivity index (χ1n) is 11.0. The van der Waals surface area contributed by atoms with Gasteiger partial charge in [0.2, 0.25) is 0 Å². The molecule has 7 nitrogen and oxygen atoms in total. The predicted octanol–water partition coefficient (Wildman–Crippen LogP) is 4.23. The summed E-state index contributed by atoms with van der Waals surface area (Å²) in [7, 11) is 0. The van der Waals surface area contributed by atoms with Crippen LogP contribution in [-0.2, 0) is 12.8 Å². The Morgan fingerprint density at radius 1 is 1.09 bits per heavy atom. The van der Waals surface area contributed by atoms with Crippen LogP contribution < -0.4 is 16.2 Å². The van der Waals surface area contributed by atoms with Gasteiger partial charge >= 0.3 is 6.03 Å². The molecule has 0 radical (unpaired) electrons. The van der Waals surface area contributed by atoms with Crippen molar-refractivity contribution in [3.8, 4) is 11.1 Å². The van der Waals surface area contributed by atoms with Crippen molar-refractivity contribution in [3.63, 3.8) is 0 Å². The summed E-state index contributed by atoms with van der Waals surface area (Å²) in [6.45, 7) is 2.37. The average molecular weight is 455 g/mol. The number of H-pyrrole nitrogens is 1. The molecule has 2 amide bonds. The van der Waals surface area contributed by atoms with E-state index in [1.165, 1.54) is 6.07 Å². The van der Waals surface area contributed by atoms with Crippen LogP contribution in [0.3, 0.4) is 0 Å². The summed E-state index contributed by atoms with van der Waals surface area (Å²) in [6.07, 6.45) is 0.953. The van der Waals surface area contributed by atoms with Gasteiger partial charge < -0.3 is 5.32 Å². The Labute approximate surface area is 194 Å². The molecule has 170 valence electrons. The molecule has 0 aliphatic carbocycles. The van der Waals surface area contributed by atoms with Gasteiger partial charge in [0.1, 0.15) is 11.7 Å². The van der Waals surface area contributed by atoms with Gasteiger partial charge in [-0.2, -0.15) is 5.10 Å². The number of nitrogens with zero attached hydrogens (tertiary/aromatic N) is 2. The van der Waals surface area contributed by atoms with Crippen molar-refractivity contribution in [3.05, 3.63) is 93.7 Å². The van der Waals surface area contributed by atoms with Crippen LogP contribution in [0.15, 0.2) is 70.5 Å². The second-order valence-corrected chi connectivity index (χ2v) is 8.10. The third kappa shape index (κ3) is 4.17. The van der Waals surface area contributed by atoms with E-state index in [1.54, 1.807) is 18.2 Å². The number of fused-ring (bicyclic) bond motifs is 2. The maximum absolute atomic E-state index is 14.8. The highest BCUT2D eigenvalue weighted by molar-refractivity contribution is 6.02. The summed E-state index contributed by atoms with van der Waals surface area (Å²) < 4.78 is 14.8. The van der Waals surface area contributed by atoms with Gasteiger partial charge in [-0.3, -0.25) is 10.1 Å². The molecule has 5 rings (SSSR count). The number of aromatic nitrogens is 2.